The van der Waals surface area contributed by atoms with Gasteiger partial charge in [0.15, 0.2) is 0 Å². The number of pyridine rings is 1. The Labute approximate surface area is 159 Å². The van der Waals surface area contributed by atoms with E-state index in [4.69, 9.17) is 0 Å². The molecule has 2 N–H and O–H groups in total. The number of nitrogens with zero attached hydrogens (tertiary/aromatic N) is 3. The second-order valence-corrected chi connectivity index (χ2v) is 7.22. The SMILES string of the molecule is CC(C)(C)c1ccccc1Nc1ncc(C(=O)NCc2ccccn2)cn1. The van der Waals surface area contributed by atoms with Crippen molar-refractivity contribution in [1.29, 1.82) is 0 Å². The van der Waals surface area contributed by atoms with E-state index in [-0.39, 0.29) is 11.3 Å². The van der Waals surface area contributed by atoms with Crippen LogP contribution in [0.25, 0.3) is 0 Å². The summed E-state index contributed by atoms with van der Waals surface area (Å²) in [6, 6.07) is 13.6. The summed E-state index contributed by atoms with van der Waals surface area (Å²) in [6.07, 6.45) is 4.73. The topological polar surface area (TPSA) is 79.8 Å². The summed E-state index contributed by atoms with van der Waals surface area (Å²) in [5, 5.41) is 6.05. The van der Waals surface area contributed by atoms with Crippen molar-refractivity contribution in [1.82, 2.24) is 20.3 Å². The number of nitrogens with one attached hydrogen (secondary N) is 2. The monoisotopic (exact) mass is 361 g/mol. The molecule has 138 valence electrons. The number of anilines is 2. The number of hydrogen-bond donors (Lipinski definition) is 2. The van der Waals surface area contributed by atoms with Crippen LogP contribution in [-0.2, 0) is 12.0 Å². The first-order chi connectivity index (χ1) is 12.9. The number of carbonyl (C=O) groups is 1. The highest BCUT2D eigenvalue weighted by Gasteiger charge is 2.18. The molecule has 3 aromatic rings. The van der Waals surface area contributed by atoms with Crippen LogP contribution in [0.2, 0.25) is 0 Å². The van der Waals surface area contributed by atoms with E-state index in [2.05, 4.69) is 52.4 Å². The Morgan fingerprint density at radius 3 is 2.33 bits per heavy atom. The number of benzene rings is 1. The summed E-state index contributed by atoms with van der Waals surface area (Å²) >= 11 is 0. The first-order valence-electron chi connectivity index (χ1n) is 8.80. The summed E-state index contributed by atoms with van der Waals surface area (Å²) in [5.74, 6) is 0.218. The summed E-state index contributed by atoms with van der Waals surface area (Å²) in [7, 11) is 0. The van der Waals surface area contributed by atoms with Crippen LogP contribution in [0.3, 0.4) is 0 Å². The Morgan fingerprint density at radius 1 is 0.963 bits per heavy atom. The molecule has 27 heavy (non-hydrogen) atoms. The molecule has 2 heterocycles. The van der Waals surface area contributed by atoms with Crippen molar-refractivity contribution in [2.75, 3.05) is 5.32 Å². The van der Waals surface area contributed by atoms with Crippen LogP contribution in [0.15, 0.2) is 61.1 Å². The summed E-state index contributed by atoms with van der Waals surface area (Å²) < 4.78 is 0. The van der Waals surface area contributed by atoms with Crippen LogP contribution >= 0.6 is 0 Å². The maximum absolute atomic E-state index is 12.2. The van der Waals surface area contributed by atoms with E-state index in [0.717, 1.165) is 11.4 Å². The molecule has 1 aromatic carbocycles. The highest BCUT2D eigenvalue weighted by molar-refractivity contribution is 5.93. The summed E-state index contributed by atoms with van der Waals surface area (Å²) in [6.45, 7) is 6.83. The molecule has 6 nitrogen and oxygen atoms in total. The van der Waals surface area contributed by atoms with Gasteiger partial charge in [-0.25, -0.2) is 9.97 Å². The molecule has 0 aliphatic heterocycles. The van der Waals surface area contributed by atoms with Crippen LogP contribution in [0.5, 0.6) is 0 Å². The molecule has 0 unspecified atom stereocenters. The van der Waals surface area contributed by atoms with Gasteiger partial charge in [-0.2, -0.15) is 0 Å². The molecule has 0 saturated heterocycles. The number of amides is 1. The molecular weight excluding hydrogens is 338 g/mol. The Morgan fingerprint density at radius 2 is 1.67 bits per heavy atom. The van der Waals surface area contributed by atoms with Gasteiger partial charge < -0.3 is 10.6 Å². The predicted molar refractivity (Wildman–Crippen MR) is 106 cm³/mol. The largest absolute Gasteiger partial charge is 0.346 e. The van der Waals surface area contributed by atoms with Crippen LogP contribution in [0, 0.1) is 0 Å². The highest BCUT2D eigenvalue weighted by atomic mass is 16.1. The standard InChI is InChI=1S/C21H23N5O/c1-21(2,3)17-9-4-5-10-18(17)26-20-24-12-15(13-25-20)19(27)23-14-16-8-6-7-11-22-16/h4-13H,14H2,1-3H3,(H,23,27)(H,24,25,26). The Hall–Kier alpha value is -3.28. The lowest BCUT2D eigenvalue weighted by Crippen LogP contribution is -2.23. The van der Waals surface area contributed by atoms with E-state index in [1.807, 2.05) is 36.4 Å². The maximum atomic E-state index is 12.2. The second-order valence-electron chi connectivity index (χ2n) is 7.22. The molecule has 1 amide bonds. The molecule has 3 rings (SSSR count). The third-order valence-electron chi connectivity index (χ3n) is 4.05. The zero-order valence-electron chi connectivity index (χ0n) is 15.7. The van der Waals surface area contributed by atoms with Gasteiger partial charge in [-0.3, -0.25) is 9.78 Å². The molecule has 0 atom stereocenters. The molecule has 0 bridgehead atoms. The van der Waals surface area contributed by atoms with Crippen LogP contribution in [0.4, 0.5) is 11.6 Å². The van der Waals surface area contributed by atoms with Crippen molar-refractivity contribution in [2.24, 2.45) is 0 Å². The second kappa shape index (κ2) is 7.95. The van der Waals surface area contributed by atoms with Gasteiger partial charge in [-0.1, -0.05) is 45.0 Å². The zero-order chi connectivity index (χ0) is 19.3. The van der Waals surface area contributed by atoms with E-state index in [0.29, 0.717) is 18.1 Å². The number of aromatic nitrogens is 3. The van der Waals surface area contributed by atoms with E-state index in [9.17, 15) is 4.79 Å². The first-order valence-corrected chi connectivity index (χ1v) is 8.80. The summed E-state index contributed by atoms with van der Waals surface area (Å²) in [5.41, 5.74) is 3.32. The molecular formula is C21H23N5O. The minimum atomic E-state index is -0.234. The Bertz CT molecular complexity index is 902. The molecule has 2 aromatic heterocycles. The van der Waals surface area contributed by atoms with E-state index >= 15 is 0 Å². The van der Waals surface area contributed by atoms with Gasteiger partial charge in [0.05, 0.1) is 17.8 Å². The Balaban J connectivity index is 1.66. The van der Waals surface area contributed by atoms with Gasteiger partial charge >= 0.3 is 0 Å². The molecule has 0 spiro atoms. The van der Waals surface area contributed by atoms with Crippen LogP contribution in [-0.4, -0.2) is 20.9 Å². The predicted octanol–water partition coefficient (Wildman–Crippen LogP) is 3.84. The molecule has 0 saturated carbocycles. The van der Waals surface area contributed by atoms with Crippen LogP contribution < -0.4 is 10.6 Å². The van der Waals surface area contributed by atoms with E-state index < -0.39 is 0 Å². The van der Waals surface area contributed by atoms with Crippen molar-refractivity contribution >= 4 is 17.5 Å². The third-order valence-corrected chi connectivity index (χ3v) is 4.05. The molecule has 6 heteroatoms. The van der Waals surface area contributed by atoms with Gasteiger partial charge in [0.2, 0.25) is 5.95 Å². The fourth-order valence-electron chi connectivity index (χ4n) is 2.65. The van der Waals surface area contributed by atoms with Crippen molar-refractivity contribution in [2.45, 2.75) is 32.7 Å². The summed E-state index contributed by atoms with van der Waals surface area (Å²) in [4.78, 5) is 25.0. The average Bonchev–Trinajstić information content (AvgIpc) is 2.67. The van der Waals surface area contributed by atoms with Gasteiger partial charge in [-0.05, 0) is 29.2 Å². The number of rotatable bonds is 5. The molecule has 0 aliphatic rings. The lowest BCUT2D eigenvalue weighted by molar-refractivity contribution is 0.0949. The van der Waals surface area contributed by atoms with Crippen LogP contribution in [0.1, 0.15) is 42.4 Å². The minimum Gasteiger partial charge on any atom is -0.346 e. The molecule has 0 aliphatic carbocycles. The number of hydrogen-bond acceptors (Lipinski definition) is 5. The number of para-hydroxylation sites is 1. The van der Waals surface area contributed by atoms with Crippen molar-refractivity contribution < 1.29 is 4.79 Å². The normalized spacial score (nSPS) is 11.1. The first kappa shape index (κ1) is 18.5. The van der Waals surface area contributed by atoms with Crippen molar-refractivity contribution in [3.05, 3.63) is 77.9 Å². The minimum absolute atomic E-state index is 0.00507. The van der Waals surface area contributed by atoms with Crippen molar-refractivity contribution in [3.8, 4) is 0 Å². The lowest BCUT2D eigenvalue weighted by atomic mass is 9.86. The van der Waals surface area contributed by atoms with Crippen molar-refractivity contribution in [3.63, 3.8) is 0 Å². The maximum Gasteiger partial charge on any atom is 0.254 e. The fraction of sp³-hybridized carbons (Fsp3) is 0.238. The smallest absolute Gasteiger partial charge is 0.254 e. The zero-order valence-corrected chi connectivity index (χ0v) is 15.7. The lowest BCUT2D eigenvalue weighted by Gasteiger charge is -2.22. The van der Waals surface area contributed by atoms with Gasteiger partial charge in [-0.15, -0.1) is 0 Å². The quantitative estimate of drug-likeness (QED) is 0.722. The van der Waals surface area contributed by atoms with Gasteiger partial charge in [0, 0.05) is 24.3 Å². The highest BCUT2D eigenvalue weighted by Crippen LogP contribution is 2.30. The molecule has 0 radical (unpaired) electrons. The van der Waals surface area contributed by atoms with Gasteiger partial charge in [0.1, 0.15) is 0 Å². The van der Waals surface area contributed by atoms with Gasteiger partial charge in [0.25, 0.3) is 5.91 Å². The third kappa shape index (κ3) is 4.88. The number of carbonyl (C=O) groups excluding carboxylic acids is 1. The van der Waals surface area contributed by atoms with E-state index in [1.165, 1.54) is 18.0 Å². The molecule has 0 fully saturated rings. The Kier molecular flexibility index (Phi) is 5.45. The average molecular weight is 361 g/mol. The van der Waals surface area contributed by atoms with E-state index in [1.54, 1.807) is 6.20 Å². The fourth-order valence-corrected chi connectivity index (χ4v) is 2.65.